The number of aromatic nitrogens is 2. The minimum atomic E-state index is -0.103. The summed E-state index contributed by atoms with van der Waals surface area (Å²) in [4.78, 5) is 30.2. The molecule has 31 heavy (non-hydrogen) atoms. The summed E-state index contributed by atoms with van der Waals surface area (Å²) in [5.41, 5.74) is 4.29. The number of ketones is 1. The summed E-state index contributed by atoms with van der Waals surface area (Å²) in [5.74, 6) is 0.557. The third kappa shape index (κ3) is 3.86. The molecule has 1 saturated heterocycles. The predicted molar refractivity (Wildman–Crippen MR) is 124 cm³/mol. The summed E-state index contributed by atoms with van der Waals surface area (Å²) >= 11 is 1.59. The van der Waals surface area contributed by atoms with Crippen LogP contribution in [0.4, 0.5) is 0 Å². The van der Waals surface area contributed by atoms with Crippen LogP contribution in [0, 0.1) is 5.92 Å². The van der Waals surface area contributed by atoms with Crippen molar-refractivity contribution in [2.45, 2.75) is 19.3 Å². The minimum absolute atomic E-state index is 0.103. The van der Waals surface area contributed by atoms with Gasteiger partial charge in [-0.25, -0.2) is 4.98 Å². The molecule has 4 aromatic rings. The quantitative estimate of drug-likeness (QED) is 0.465. The van der Waals surface area contributed by atoms with Crippen LogP contribution < -0.4 is 10.6 Å². The SMILES string of the molecule is CNC(=O)c1ccc(-c2cn3c(n2)sc2cc(C(=O)C[C@H]4CCCNC4)ccc23)cc1. The van der Waals surface area contributed by atoms with Crippen molar-refractivity contribution in [3.63, 3.8) is 0 Å². The molecule has 1 atom stereocenters. The first-order valence-corrected chi connectivity index (χ1v) is 11.4. The molecule has 0 bridgehead atoms. The van der Waals surface area contributed by atoms with Crippen LogP contribution in [0.15, 0.2) is 48.7 Å². The molecule has 1 aliphatic heterocycles. The molecule has 0 unspecified atom stereocenters. The van der Waals surface area contributed by atoms with Gasteiger partial charge in [-0.05, 0) is 62.2 Å². The van der Waals surface area contributed by atoms with Crippen LogP contribution in [0.3, 0.4) is 0 Å². The van der Waals surface area contributed by atoms with Crippen molar-refractivity contribution < 1.29 is 9.59 Å². The van der Waals surface area contributed by atoms with E-state index in [9.17, 15) is 9.59 Å². The second-order valence-electron chi connectivity index (χ2n) is 8.06. The molecule has 0 spiro atoms. The van der Waals surface area contributed by atoms with Crippen molar-refractivity contribution in [3.8, 4) is 11.3 Å². The van der Waals surface area contributed by atoms with Gasteiger partial charge in [-0.2, -0.15) is 0 Å². The van der Waals surface area contributed by atoms with E-state index in [0.717, 1.165) is 57.9 Å². The molecule has 0 saturated carbocycles. The van der Waals surface area contributed by atoms with Crippen molar-refractivity contribution in [2.24, 2.45) is 5.92 Å². The van der Waals surface area contributed by atoms with Crippen LogP contribution in [-0.2, 0) is 0 Å². The molecule has 0 aliphatic carbocycles. The van der Waals surface area contributed by atoms with Crippen molar-refractivity contribution in [2.75, 3.05) is 20.1 Å². The lowest BCUT2D eigenvalue weighted by molar-refractivity contribution is 0.0949. The van der Waals surface area contributed by atoms with Gasteiger partial charge in [0.25, 0.3) is 5.91 Å². The van der Waals surface area contributed by atoms with Gasteiger partial charge < -0.3 is 10.6 Å². The third-order valence-electron chi connectivity index (χ3n) is 5.96. The first-order valence-electron chi connectivity index (χ1n) is 10.6. The zero-order chi connectivity index (χ0) is 21.4. The number of Topliss-reactive ketones (excluding diaryl/α,β-unsaturated/α-hetero) is 1. The van der Waals surface area contributed by atoms with Gasteiger partial charge in [-0.15, -0.1) is 0 Å². The van der Waals surface area contributed by atoms with Crippen LogP contribution in [0.5, 0.6) is 0 Å². The highest BCUT2D eigenvalue weighted by molar-refractivity contribution is 7.23. The Kier molecular flexibility index (Phi) is 5.29. The summed E-state index contributed by atoms with van der Waals surface area (Å²) in [7, 11) is 1.62. The van der Waals surface area contributed by atoms with Crippen molar-refractivity contribution in [1.82, 2.24) is 20.0 Å². The fourth-order valence-electron chi connectivity index (χ4n) is 4.23. The van der Waals surface area contributed by atoms with Crippen LogP contribution in [0.1, 0.15) is 40.0 Å². The molecule has 1 aliphatic rings. The summed E-state index contributed by atoms with van der Waals surface area (Å²) in [5, 5.41) is 6.01. The molecule has 7 heteroatoms. The Morgan fingerprint density at radius 1 is 1.19 bits per heavy atom. The van der Waals surface area contributed by atoms with E-state index >= 15 is 0 Å². The van der Waals surface area contributed by atoms with Gasteiger partial charge in [0, 0.05) is 36.4 Å². The van der Waals surface area contributed by atoms with Crippen LogP contribution >= 0.6 is 11.3 Å². The largest absolute Gasteiger partial charge is 0.355 e. The smallest absolute Gasteiger partial charge is 0.251 e. The molecule has 1 amide bonds. The molecule has 2 aromatic carbocycles. The number of nitrogens with one attached hydrogen (secondary N) is 2. The van der Waals surface area contributed by atoms with E-state index < -0.39 is 0 Å². The van der Waals surface area contributed by atoms with Crippen LogP contribution in [0.25, 0.3) is 26.4 Å². The summed E-state index contributed by atoms with van der Waals surface area (Å²) in [6.45, 7) is 2.00. The number of imidazole rings is 1. The van der Waals surface area contributed by atoms with E-state index in [-0.39, 0.29) is 11.7 Å². The van der Waals surface area contributed by atoms with Gasteiger partial charge in [0.05, 0.1) is 15.9 Å². The van der Waals surface area contributed by atoms with Gasteiger partial charge in [0.2, 0.25) is 0 Å². The molecule has 2 N–H and O–H groups in total. The van der Waals surface area contributed by atoms with Gasteiger partial charge in [0.15, 0.2) is 10.7 Å². The molecular weight excluding hydrogens is 408 g/mol. The molecular formula is C24H24N4O2S. The Morgan fingerprint density at radius 2 is 2.00 bits per heavy atom. The molecule has 2 aromatic heterocycles. The number of carbonyl (C=O) groups excluding carboxylic acids is 2. The first-order chi connectivity index (χ1) is 15.1. The van der Waals surface area contributed by atoms with Gasteiger partial charge in [-0.3, -0.25) is 14.0 Å². The van der Waals surface area contributed by atoms with Gasteiger partial charge >= 0.3 is 0 Å². The number of piperidine rings is 1. The van der Waals surface area contributed by atoms with Gasteiger partial charge in [0.1, 0.15) is 0 Å². The Balaban J connectivity index is 1.40. The Bertz CT molecular complexity index is 1270. The maximum atomic E-state index is 12.8. The summed E-state index contributed by atoms with van der Waals surface area (Å²) < 4.78 is 3.14. The zero-order valence-corrected chi connectivity index (χ0v) is 18.2. The highest BCUT2D eigenvalue weighted by Gasteiger charge is 2.19. The Hall–Kier alpha value is -3.03. The Labute approximate surface area is 184 Å². The standard InChI is InChI=1S/C24H24N4O2S/c1-25-23(30)17-6-4-16(5-7-17)19-14-28-20-9-8-18(12-22(20)31-24(28)27-19)21(29)11-15-3-2-10-26-13-15/h4-9,12,14-15,26H,2-3,10-11,13H2,1H3,(H,25,30)/t15-/m1/s1. The van der Waals surface area contributed by atoms with E-state index in [0.29, 0.717) is 17.9 Å². The molecule has 5 rings (SSSR count). The highest BCUT2D eigenvalue weighted by Crippen LogP contribution is 2.31. The normalized spacial score (nSPS) is 16.6. The number of carbonyl (C=O) groups is 2. The number of amides is 1. The Morgan fingerprint density at radius 3 is 2.74 bits per heavy atom. The molecule has 6 nitrogen and oxygen atoms in total. The molecule has 1 fully saturated rings. The second-order valence-corrected chi connectivity index (χ2v) is 9.07. The average molecular weight is 433 g/mol. The zero-order valence-electron chi connectivity index (χ0n) is 17.4. The number of rotatable bonds is 5. The highest BCUT2D eigenvalue weighted by atomic mass is 32.1. The summed E-state index contributed by atoms with van der Waals surface area (Å²) in [6.07, 6.45) is 4.89. The van der Waals surface area contributed by atoms with Crippen LogP contribution in [0.2, 0.25) is 0 Å². The van der Waals surface area contributed by atoms with Crippen LogP contribution in [-0.4, -0.2) is 41.2 Å². The third-order valence-corrected chi connectivity index (χ3v) is 6.98. The van der Waals surface area contributed by atoms with E-state index in [1.807, 2.05) is 36.5 Å². The number of hydrogen-bond donors (Lipinski definition) is 2. The molecule has 3 heterocycles. The fourth-order valence-corrected chi connectivity index (χ4v) is 5.28. The maximum Gasteiger partial charge on any atom is 0.251 e. The van der Waals surface area contributed by atoms with Crippen molar-refractivity contribution in [1.29, 1.82) is 0 Å². The summed E-state index contributed by atoms with van der Waals surface area (Å²) in [6, 6.07) is 13.4. The number of benzene rings is 2. The van der Waals surface area contributed by atoms with E-state index in [1.165, 1.54) is 0 Å². The number of hydrogen-bond acceptors (Lipinski definition) is 5. The molecule has 158 valence electrons. The molecule has 0 radical (unpaired) electrons. The fraction of sp³-hybridized carbons (Fsp3) is 0.292. The van der Waals surface area contributed by atoms with Crippen molar-refractivity contribution in [3.05, 3.63) is 59.8 Å². The van der Waals surface area contributed by atoms with Gasteiger partial charge in [-0.1, -0.05) is 23.5 Å². The average Bonchev–Trinajstić information content (AvgIpc) is 3.37. The number of nitrogens with zero attached hydrogens (tertiary/aromatic N) is 2. The van der Waals surface area contributed by atoms with E-state index in [2.05, 4.69) is 15.0 Å². The van der Waals surface area contributed by atoms with Crippen molar-refractivity contribution >= 4 is 38.2 Å². The predicted octanol–water partition coefficient (Wildman–Crippen LogP) is 4.15. The van der Waals surface area contributed by atoms with E-state index in [4.69, 9.17) is 4.98 Å². The topological polar surface area (TPSA) is 75.5 Å². The lowest BCUT2D eigenvalue weighted by Gasteiger charge is -2.21. The number of fused-ring (bicyclic) bond motifs is 3. The first kappa shape index (κ1) is 19.9. The minimum Gasteiger partial charge on any atom is -0.355 e. The maximum absolute atomic E-state index is 12.8. The lowest BCUT2D eigenvalue weighted by atomic mass is 9.92. The lowest BCUT2D eigenvalue weighted by Crippen LogP contribution is -2.31. The second kappa shape index (κ2) is 8.24. The number of thiazole rings is 1. The monoisotopic (exact) mass is 432 g/mol. The van der Waals surface area contributed by atoms with E-state index in [1.54, 1.807) is 30.5 Å².